The number of carbonyl (C=O) groups is 1. The van der Waals surface area contributed by atoms with Crippen LogP contribution in [0.5, 0.6) is 11.5 Å². The SMILES string of the molecule is Cc1cnc(C(=O)Nc2cc3c(cc2Br)OCCO3)cn1. The van der Waals surface area contributed by atoms with E-state index in [1.165, 1.54) is 6.20 Å². The Kier molecular flexibility index (Phi) is 3.74. The molecule has 3 rings (SSSR count). The lowest BCUT2D eigenvalue weighted by Gasteiger charge is -2.20. The van der Waals surface area contributed by atoms with E-state index in [0.717, 1.165) is 5.69 Å². The van der Waals surface area contributed by atoms with Crippen molar-refractivity contribution >= 4 is 27.5 Å². The first-order valence-corrected chi connectivity index (χ1v) is 7.12. The van der Waals surface area contributed by atoms with Crippen LogP contribution >= 0.6 is 15.9 Å². The predicted octanol–water partition coefficient (Wildman–Crippen LogP) is 2.57. The van der Waals surface area contributed by atoms with Crippen LogP contribution in [0.4, 0.5) is 5.69 Å². The number of aryl methyl sites for hydroxylation is 1. The fraction of sp³-hybridized carbons (Fsp3) is 0.214. The summed E-state index contributed by atoms with van der Waals surface area (Å²) in [6.07, 6.45) is 2.99. The molecule has 0 saturated heterocycles. The van der Waals surface area contributed by atoms with Crippen LogP contribution in [0, 0.1) is 6.92 Å². The maximum atomic E-state index is 12.1. The minimum Gasteiger partial charge on any atom is -0.486 e. The molecule has 6 nitrogen and oxygen atoms in total. The van der Waals surface area contributed by atoms with E-state index in [0.29, 0.717) is 34.9 Å². The van der Waals surface area contributed by atoms with E-state index in [1.807, 2.05) is 6.92 Å². The molecule has 21 heavy (non-hydrogen) atoms. The van der Waals surface area contributed by atoms with E-state index in [9.17, 15) is 4.79 Å². The van der Waals surface area contributed by atoms with Crippen LogP contribution in [0.15, 0.2) is 29.0 Å². The summed E-state index contributed by atoms with van der Waals surface area (Å²) < 4.78 is 11.7. The van der Waals surface area contributed by atoms with E-state index in [-0.39, 0.29) is 11.6 Å². The third-order valence-electron chi connectivity index (χ3n) is 2.89. The van der Waals surface area contributed by atoms with E-state index >= 15 is 0 Å². The van der Waals surface area contributed by atoms with Crippen LogP contribution in [0.3, 0.4) is 0 Å². The van der Waals surface area contributed by atoms with Gasteiger partial charge in [0.25, 0.3) is 5.91 Å². The molecule has 1 aliphatic heterocycles. The molecule has 0 aliphatic carbocycles. The Morgan fingerprint density at radius 3 is 2.57 bits per heavy atom. The van der Waals surface area contributed by atoms with Crippen LogP contribution in [-0.2, 0) is 0 Å². The third-order valence-corrected chi connectivity index (χ3v) is 3.55. The molecule has 2 aromatic rings. The van der Waals surface area contributed by atoms with Crippen LogP contribution in [0.2, 0.25) is 0 Å². The van der Waals surface area contributed by atoms with Crippen molar-refractivity contribution in [2.45, 2.75) is 6.92 Å². The lowest BCUT2D eigenvalue weighted by Crippen LogP contribution is -2.17. The van der Waals surface area contributed by atoms with Gasteiger partial charge in [0.05, 0.1) is 17.6 Å². The Bertz CT molecular complexity index is 689. The van der Waals surface area contributed by atoms with Gasteiger partial charge in [-0.05, 0) is 22.9 Å². The van der Waals surface area contributed by atoms with Gasteiger partial charge in [0.2, 0.25) is 0 Å². The number of hydrogen-bond acceptors (Lipinski definition) is 5. The number of rotatable bonds is 2. The van der Waals surface area contributed by atoms with E-state index in [2.05, 4.69) is 31.2 Å². The molecule has 0 atom stereocenters. The van der Waals surface area contributed by atoms with Gasteiger partial charge >= 0.3 is 0 Å². The second kappa shape index (κ2) is 5.69. The Balaban J connectivity index is 1.84. The minimum absolute atomic E-state index is 0.252. The van der Waals surface area contributed by atoms with E-state index in [1.54, 1.807) is 18.3 Å². The largest absolute Gasteiger partial charge is 0.486 e. The van der Waals surface area contributed by atoms with Crippen LogP contribution in [-0.4, -0.2) is 29.1 Å². The van der Waals surface area contributed by atoms with Crippen molar-refractivity contribution in [1.82, 2.24) is 9.97 Å². The van der Waals surface area contributed by atoms with Crippen molar-refractivity contribution < 1.29 is 14.3 Å². The number of amides is 1. The van der Waals surface area contributed by atoms with Crippen molar-refractivity contribution in [2.24, 2.45) is 0 Å². The molecule has 108 valence electrons. The Morgan fingerprint density at radius 1 is 1.19 bits per heavy atom. The average molecular weight is 350 g/mol. The van der Waals surface area contributed by atoms with Crippen LogP contribution < -0.4 is 14.8 Å². The van der Waals surface area contributed by atoms with Crippen molar-refractivity contribution in [3.05, 3.63) is 40.4 Å². The topological polar surface area (TPSA) is 73.3 Å². The number of nitrogens with zero attached hydrogens (tertiary/aromatic N) is 2. The number of fused-ring (bicyclic) bond motifs is 1. The lowest BCUT2D eigenvalue weighted by molar-refractivity contribution is 0.102. The van der Waals surface area contributed by atoms with Gasteiger partial charge in [0, 0.05) is 22.8 Å². The molecule has 1 aromatic carbocycles. The van der Waals surface area contributed by atoms with Gasteiger partial charge in [0.1, 0.15) is 18.9 Å². The molecule has 0 saturated carbocycles. The molecule has 1 aliphatic rings. The molecule has 1 aromatic heterocycles. The summed E-state index contributed by atoms with van der Waals surface area (Å²) in [5, 5.41) is 2.77. The van der Waals surface area contributed by atoms with Gasteiger partial charge in [-0.2, -0.15) is 0 Å². The highest BCUT2D eigenvalue weighted by Crippen LogP contribution is 2.38. The fourth-order valence-electron chi connectivity index (χ4n) is 1.86. The second-order valence-corrected chi connectivity index (χ2v) is 5.33. The highest BCUT2D eigenvalue weighted by molar-refractivity contribution is 9.10. The number of carbonyl (C=O) groups excluding carboxylic acids is 1. The van der Waals surface area contributed by atoms with Crippen LogP contribution in [0.25, 0.3) is 0 Å². The molecule has 1 N–H and O–H groups in total. The molecule has 7 heteroatoms. The van der Waals surface area contributed by atoms with E-state index in [4.69, 9.17) is 9.47 Å². The van der Waals surface area contributed by atoms with Crippen molar-refractivity contribution in [1.29, 1.82) is 0 Å². The zero-order valence-electron chi connectivity index (χ0n) is 11.2. The minimum atomic E-state index is -0.333. The monoisotopic (exact) mass is 349 g/mol. The molecule has 1 amide bonds. The molecule has 0 spiro atoms. The summed E-state index contributed by atoms with van der Waals surface area (Å²) in [6, 6.07) is 3.49. The number of aromatic nitrogens is 2. The lowest BCUT2D eigenvalue weighted by atomic mass is 10.2. The van der Waals surface area contributed by atoms with Crippen LogP contribution in [0.1, 0.15) is 16.2 Å². The Labute approximate surface area is 129 Å². The maximum Gasteiger partial charge on any atom is 0.275 e. The second-order valence-electron chi connectivity index (χ2n) is 4.47. The van der Waals surface area contributed by atoms with E-state index < -0.39 is 0 Å². The quantitative estimate of drug-likeness (QED) is 0.901. The number of ether oxygens (including phenoxy) is 2. The fourth-order valence-corrected chi connectivity index (χ4v) is 2.28. The average Bonchev–Trinajstić information content (AvgIpc) is 2.48. The predicted molar refractivity (Wildman–Crippen MR) is 79.9 cm³/mol. The zero-order chi connectivity index (χ0) is 14.8. The van der Waals surface area contributed by atoms with Crippen molar-refractivity contribution in [3.63, 3.8) is 0 Å². The van der Waals surface area contributed by atoms with Gasteiger partial charge in [-0.25, -0.2) is 4.98 Å². The first-order valence-electron chi connectivity index (χ1n) is 6.32. The summed E-state index contributed by atoms with van der Waals surface area (Å²) in [4.78, 5) is 20.2. The normalized spacial score (nSPS) is 12.9. The molecule has 0 unspecified atom stereocenters. The molecular formula is C14H12BrN3O3. The highest BCUT2D eigenvalue weighted by Gasteiger charge is 2.17. The smallest absolute Gasteiger partial charge is 0.275 e. The van der Waals surface area contributed by atoms with Crippen molar-refractivity contribution in [2.75, 3.05) is 18.5 Å². The zero-order valence-corrected chi connectivity index (χ0v) is 12.8. The Hall–Kier alpha value is -2.15. The maximum absolute atomic E-state index is 12.1. The number of halogens is 1. The number of anilines is 1. The van der Waals surface area contributed by atoms with Gasteiger partial charge in [0.15, 0.2) is 11.5 Å². The van der Waals surface area contributed by atoms with Gasteiger partial charge < -0.3 is 14.8 Å². The van der Waals surface area contributed by atoms with Gasteiger partial charge in [-0.3, -0.25) is 9.78 Å². The Morgan fingerprint density at radius 2 is 1.90 bits per heavy atom. The number of hydrogen-bond donors (Lipinski definition) is 1. The first kappa shape index (κ1) is 13.8. The summed E-state index contributed by atoms with van der Waals surface area (Å²) in [6.45, 7) is 2.82. The standard InChI is InChI=1S/C14H12BrN3O3/c1-8-6-17-11(7-16-8)14(19)18-10-5-13-12(4-9(10)15)20-2-3-21-13/h4-7H,2-3H2,1H3,(H,18,19). The first-order chi connectivity index (χ1) is 10.1. The molecule has 0 bridgehead atoms. The summed E-state index contributed by atoms with van der Waals surface area (Å²) in [5.74, 6) is 0.927. The summed E-state index contributed by atoms with van der Waals surface area (Å²) in [7, 11) is 0. The third kappa shape index (κ3) is 2.97. The van der Waals surface area contributed by atoms with Gasteiger partial charge in [-0.15, -0.1) is 0 Å². The molecule has 0 radical (unpaired) electrons. The highest BCUT2D eigenvalue weighted by atomic mass is 79.9. The molecule has 0 fully saturated rings. The molecular weight excluding hydrogens is 338 g/mol. The number of nitrogens with one attached hydrogen (secondary N) is 1. The summed E-state index contributed by atoms with van der Waals surface area (Å²) in [5.41, 5.74) is 1.60. The molecule has 2 heterocycles. The van der Waals surface area contributed by atoms with Gasteiger partial charge in [-0.1, -0.05) is 0 Å². The number of benzene rings is 1. The summed E-state index contributed by atoms with van der Waals surface area (Å²) >= 11 is 3.40. The van der Waals surface area contributed by atoms with Crippen molar-refractivity contribution in [3.8, 4) is 11.5 Å².